The molecule has 0 spiro atoms. The van der Waals surface area contributed by atoms with Crippen molar-refractivity contribution in [2.75, 3.05) is 31.1 Å². The number of hydrogen-bond acceptors (Lipinski definition) is 3. The van der Waals surface area contributed by atoms with E-state index in [0.29, 0.717) is 0 Å². The second-order valence-electron chi connectivity index (χ2n) is 5.59. The van der Waals surface area contributed by atoms with E-state index in [9.17, 15) is 4.79 Å². The maximum absolute atomic E-state index is 11.1. The first kappa shape index (κ1) is 13.7. The van der Waals surface area contributed by atoms with Gasteiger partial charge in [-0.1, -0.05) is 11.6 Å². The number of benzene rings is 1. The van der Waals surface area contributed by atoms with Crippen molar-refractivity contribution in [2.45, 2.75) is 18.9 Å². The Morgan fingerprint density at radius 2 is 1.75 bits per heavy atom. The van der Waals surface area contributed by atoms with Gasteiger partial charge in [0.2, 0.25) is 0 Å². The van der Waals surface area contributed by atoms with E-state index in [0.717, 1.165) is 44.0 Å². The summed E-state index contributed by atoms with van der Waals surface area (Å²) in [7, 11) is 0. The zero-order valence-electron chi connectivity index (χ0n) is 11.3. The van der Waals surface area contributed by atoms with E-state index < -0.39 is 5.97 Å². The molecule has 1 saturated heterocycles. The summed E-state index contributed by atoms with van der Waals surface area (Å²) in [5.41, 5.74) is 1.19. The molecule has 0 radical (unpaired) electrons. The van der Waals surface area contributed by atoms with Crippen LogP contribution in [0.1, 0.15) is 12.8 Å². The summed E-state index contributed by atoms with van der Waals surface area (Å²) in [6.07, 6.45) is 1.86. The number of carboxylic acid groups (broad SMARTS) is 1. The predicted molar refractivity (Wildman–Crippen MR) is 79.4 cm³/mol. The standard InChI is InChI=1S/C15H19ClN2O2/c16-11-1-3-12(4-2-11)17-7-9-18(10-8-17)14-6-5-13(14)15(19)20/h1-4,13-14H,5-10H2,(H,19,20). The molecule has 1 N–H and O–H groups in total. The highest BCUT2D eigenvalue weighted by molar-refractivity contribution is 6.30. The lowest BCUT2D eigenvalue weighted by Crippen LogP contribution is -2.57. The van der Waals surface area contributed by atoms with Crippen LogP contribution in [0.3, 0.4) is 0 Å². The largest absolute Gasteiger partial charge is 0.481 e. The minimum Gasteiger partial charge on any atom is -0.481 e. The summed E-state index contributed by atoms with van der Waals surface area (Å²) >= 11 is 5.91. The first-order valence-corrected chi connectivity index (χ1v) is 7.50. The first-order chi connectivity index (χ1) is 9.65. The van der Waals surface area contributed by atoms with E-state index in [4.69, 9.17) is 16.7 Å². The molecule has 20 heavy (non-hydrogen) atoms. The predicted octanol–water partition coefficient (Wildman–Crippen LogP) is 2.33. The number of piperazine rings is 1. The van der Waals surface area contributed by atoms with Crippen molar-refractivity contribution in [1.82, 2.24) is 4.90 Å². The van der Waals surface area contributed by atoms with E-state index in [1.54, 1.807) is 0 Å². The normalized spacial score (nSPS) is 27.1. The molecule has 5 heteroatoms. The van der Waals surface area contributed by atoms with Gasteiger partial charge in [0.15, 0.2) is 0 Å². The van der Waals surface area contributed by atoms with Gasteiger partial charge in [-0.2, -0.15) is 0 Å². The molecule has 1 aliphatic carbocycles. The zero-order valence-corrected chi connectivity index (χ0v) is 12.1. The van der Waals surface area contributed by atoms with E-state index in [1.807, 2.05) is 24.3 Å². The highest BCUT2D eigenvalue weighted by atomic mass is 35.5. The summed E-state index contributed by atoms with van der Waals surface area (Å²) in [5.74, 6) is -0.793. The van der Waals surface area contributed by atoms with Crippen molar-refractivity contribution in [1.29, 1.82) is 0 Å². The van der Waals surface area contributed by atoms with Crippen molar-refractivity contribution in [3.63, 3.8) is 0 Å². The van der Waals surface area contributed by atoms with Crippen LogP contribution in [0.15, 0.2) is 24.3 Å². The van der Waals surface area contributed by atoms with Crippen molar-refractivity contribution in [3.8, 4) is 0 Å². The fraction of sp³-hybridized carbons (Fsp3) is 0.533. The Kier molecular flexibility index (Phi) is 3.85. The van der Waals surface area contributed by atoms with E-state index in [-0.39, 0.29) is 12.0 Å². The topological polar surface area (TPSA) is 43.8 Å². The summed E-state index contributed by atoms with van der Waals surface area (Å²) in [6, 6.07) is 8.16. The lowest BCUT2D eigenvalue weighted by atomic mass is 9.78. The van der Waals surface area contributed by atoms with Gasteiger partial charge >= 0.3 is 5.97 Å². The third kappa shape index (κ3) is 2.63. The summed E-state index contributed by atoms with van der Waals surface area (Å²) < 4.78 is 0. The molecule has 1 aliphatic heterocycles. The Morgan fingerprint density at radius 3 is 2.25 bits per heavy atom. The molecule has 1 heterocycles. The molecule has 0 bridgehead atoms. The third-order valence-corrected chi connectivity index (χ3v) is 4.78. The number of carboxylic acids is 1. The smallest absolute Gasteiger partial charge is 0.308 e. The molecule has 2 fully saturated rings. The Balaban J connectivity index is 1.57. The van der Waals surface area contributed by atoms with Gasteiger partial charge < -0.3 is 10.0 Å². The number of nitrogens with zero attached hydrogens (tertiary/aromatic N) is 2. The molecule has 1 saturated carbocycles. The highest BCUT2D eigenvalue weighted by Crippen LogP contribution is 2.33. The SMILES string of the molecule is O=C(O)C1CCC1N1CCN(c2ccc(Cl)cc2)CC1. The number of halogens is 1. The molecule has 2 aliphatic rings. The van der Waals surface area contributed by atoms with Crippen molar-refractivity contribution in [2.24, 2.45) is 5.92 Å². The minimum absolute atomic E-state index is 0.155. The maximum atomic E-state index is 11.1. The lowest BCUT2D eigenvalue weighted by Gasteiger charge is -2.46. The molecular formula is C15H19ClN2O2. The molecule has 4 nitrogen and oxygen atoms in total. The van der Waals surface area contributed by atoms with Gasteiger partial charge in [0.05, 0.1) is 5.92 Å². The van der Waals surface area contributed by atoms with Crippen LogP contribution in [0, 0.1) is 5.92 Å². The first-order valence-electron chi connectivity index (χ1n) is 7.12. The lowest BCUT2D eigenvalue weighted by molar-refractivity contribution is -0.149. The monoisotopic (exact) mass is 294 g/mol. The van der Waals surface area contributed by atoms with Crippen LogP contribution < -0.4 is 4.90 Å². The number of anilines is 1. The molecule has 1 aromatic carbocycles. The maximum Gasteiger partial charge on any atom is 0.308 e. The van der Waals surface area contributed by atoms with Gasteiger partial charge in [-0.3, -0.25) is 9.69 Å². The Morgan fingerprint density at radius 1 is 1.10 bits per heavy atom. The zero-order chi connectivity index (χ0) is 14.1. The number of hydrogen-bond donors (Lipinski definition) is 1. The molecule has 1 aromatic rings. The van der Waals surface area contributed by atoms with Crippen LogP contribution >= 0.6 is 11.6 Å². The second kappa shape index (κ2) is 5.62. The van der Waals surface area contributed by atoms with Gasteiger partial charge in [-0.05, 0) is 37.1 Å². The molecule has 0 amide bonds. The van der Waals surface area contributed by atoms with Crippen molar-refractivity contribution >= 4 is 23.3 Å². The molecular weight excluding hydrogens is 276 g/mol. The van der Waals surface area contributed by atoms with Crippen LogP contribution in [0.5, 0.6) is 0 Å². The Bertz CT molecular complexity index is 483. The van der Waals surface area contributed by atoms with Crippen LogP contribution in [0.2, 0.25) is 5.02 Å². The van der Waals surface area contributed by atoms with Crippen LogP contribution in [0.25, 0.3) is 0 Å². The van der Waals surface area contributed by atoms with Crippen LogP contribution in [-0.2, 0) is 4.79 Å². The molecule has 108 valence electrons. The van der Waals surface area contributed by atoms with Gasteiger partial charge in [0.25, 0.3) is 0 Å². The van der Waals surface area contributed by atoms with Gasteiger partial charge in [0, 0.05) is 42.9 Å². The minimum atomic E-state index is -0.638. The average molecular weight is 295 g/mol. The average Bonchev–Trinajstić information content (AvgIpc) is 2.39. The summed E-state index contributed by atoms with van der Waals surface area (Å²) in [6.45, 7) is 3.78. The fourth-order valence-corrected chi connectivity index (χ4v) is 3.30. The second-order valence-corrected chi connectivity index (χ2v) is 6.03. The van der Waals surface area contributed by atoms with Gasteiger partial charge in [0.1, 0.15) is 0 Å². The Labute approximate surface area is 123 Å². The fourth-order valence-electron chi connectivity index (χ4n) is 3.17. The molecule has 2 unspecified atom stereocenters. The Hall–Kier alpha value is -1.26. The highest BCUT2D eigenvalue weighted by Gasteiger charge is 2.41. The molecule has 0 aromatic heterocycles. The van der Waals surface area contributed by atoms with E-state index in [2.05, 4.69) is 9.80 Å². The van der Waals surface area contributed by atoms with Gasteiger partial charge in [-0.25, -0.2) is 0 Å². The van der Waals surface area contributed by atoms with E-state index >= 15 is 0 Å². The van der Waals surface area contributed by atoms with Crippen LogP contribution in [-0.4, -0.2) is 48.2 Å². The molecule has 3 rings (SSSR count). The summed E-state index contributed by atoms with van der Waals surface area (Å²) in [4.78, 5) is 15.8. The van der Waals surface area contributed by atoms with Crippen LogP contribution in [0.4, 0.5) is 5.69 Å². The van der Waals surface area contributed by atoms with Gasteiger partial charge in [-0.15, -0.1) is 0 Å². The van der Waals surface area contributed by atoms with E-state index in [1.165, 1.54) is 5.69 Å². The van der Waals surface area contributed by atoms with Crippen molar-refractivity contribution in [3.05, 3.63) is 29.3 Å². The third-order valence-electron chi connectivity index (χ3n) is 4.53. The summed E-state index contributed by atoms with van der Waals surface area (Å²) in [5, 5.41) is 9.90. The number of rotatable bonds is 3. The number of aliphatic carboxylic acids is 1. The molecule has 2 atom stereocenters. The van der Waals surface area contributed by atoms with Crippen molar-refractivity contribution < 1.29 is 9.90 Å². The quantitative estimate of drug-likeness (QED) is 0.929. The number of carbonyl (C=O) groups is 1.